The molecule has 1 heterocycles. The summed E-state index contributed by atoms with van der Waals surface area (Å²) in [6.07, 6.45) is 6.31. The molecule has 1 rings (SSSR count). The fraction of sp³-hybridized carbons (Fsp3) is 0.500. The molecular formula is C10H16N2O. The van der Waals surface area contributed by atoms with Crippen LogP contribution in [0.4, 0.5) is 0 Å². The lowest BCUT2D eigenvalue weighted by molar-refractivity contribution is 0.470. The van der Waals surface area contributed by atoms with Crippen LogP contribution in [0.2, 0.25) is 0 Å². The van der Waals surface area contributed by atoms with Gasteiger partial charge in [0.15, 0.2) is 0 Å². The number of pyridine rings is 1. The Morgan fingerprint density at radius 3 is 2.92 bits per heavy atom. The first-order valence-electron chi connectivity index (χ1n) is 4.63. The Labute approximate surface area is 78.6 Å². The van der Waals surface area contributed by atoms with Gasteiger partial charge in [0.05, 0.1) is 6.20 Å². The minimum Gasteiger partial charge on any atom is -0.506 e. The maximum atomic E-state index is 9.17. The van der Waals surface area contributed by atoms with Gasteiger partial charge in [0.2, 0.25) is 0 Å². The predicted octanol–water partition coefficient (Wildman–Crippen LogP) is 1.98. The molecule has 1 aromatic heterocycles. The van der Waals surface area contributed by atoms with Gasteiger partial charge < -0.3 is 10.8 Å². The molecule has 3 heteroatoms. The lowest BCUT2D eigenvalue weighted by atomic mass is 10.0. The van der Waals surface area contributed by atoms with Gasteiger partial charge in [0, 0.05) is 12.2 Å². The monoisotopic (exact) mass is 180 g/mol. The number of hydrogen-bond donors (Lipinski definition) is 2. The van der Waals surface area contributed by atoms with Gasteiger partial charge in [0.25, 0.3) is 0 Å². The Morgan fingerprint density at radius 1 is 1.54 bits per heavy atom. The molecule has 1 aromatic rings. The van der Waals surface area contributed by atoms with E-state index in [9.17, 15) is 0 Å². The number of nitrogens with two attached hydrogens (primary N) is 1. The lowest BCUT2D eigenvalue weighted by Gasteiger charge is -2.10. The van der Waals surface area contributed by atoms with E-state index in [-0.39, 0.29) is 11.8 Å². The van der Waals surface area contributed by atoms with Crippen LogP contribution in [0, 0.1) is 0 Å². The molecule has 0 saturated heterocycles. The van der Waals surface area contributed by atoms with Crippen LogP contribution in [-0.4, -0.2) is 10.1 Å². The Balaban J connectivity index is 2.60. The molecule has 3 nitrogen and oxygen atoms in total. The highest BCUT2D eigenvalue weighted by Crippen LogP contribution is 2.18. The molecule has 0 fully saturated rings. The summed E-state index contributed by atoms with van der Waals surface area (Å²) in [4.78, 5) is 3.88. The summed E-state index contributed by atoms with van der Waals surface area (Å²) in [5.41, 5.74) is 6.81. The summed E-state index contributed by atoms with van der Waals surface area (Å²) in [7, 11) is 0. The molecule has 0 amide bonds. The molecule has 1 unspecified atom stereocenters. The van der Waals surface area contributed by atoms with Crippen molar-refractivity contribution >= 4 is 0 Å². The summed E-state index contributed by atoms with van der Waals surface area (Å²) >= 11 is 0. The van der Waals surface area contributed by atoms with Gasteiger partial charge in [-0.1, -0.05) is 19.8 Å². The van der Waals surface area contributed by atoms with Crippen molar-refractivity contribution in [3.63, 3.8) is 0 Å². The van der Waals surface area contributed by atoms with Gasteiger partial charge in [-0.05, 0) is 18.1 Å². The van der Waals surface area contributed by atoms with Crippen LogP contribution >= 0.6 is 0 Å². The summed E-state index contributed by atoms with van der Waals surface area (Å²) < 4.78 is 0. The van der Waals surface area contributed by atoms with Crippen molar-refractivity contribution in [1.82, 2.24) is 4.98 Å². The molecule has 0 aliphatic heterocycles. The summed E-state index contributed by atoms with van der Waals surface area (Å²) in [6, 6.07) is 1.67. The zero-order valence-electron chi connectivity index (χ0n) is 7.90. The van der Waals surface area contributed by atoms with Crippen molar-refractivity contribution in [2.75, 3.05) is 0 Å². The third-order valence-corrected chi connectivity index (χ3v) is 2.04. The smallest absolute Gasteiger partial charge is 0.134 e. The molecule has 0 aliphatic carbocycles. The van der Waals surface area contributed by atoms with Gasteiger partial charge in [0.1, 0.15) is 5.75 Å². The van der Waals surface area contributed by atoms with E-state index in [2.05, 4.69) is 11.9 Å². The van der Waals surface area contributed by atoms with Crippen molar-refractivity contribution in [2.24, 2.45) is 5.73 Å². The van der Waals surface area contributed by atoms with Gasteiger partial charge in [-0.15, -0.1) is 0 Å². The highest BCUT2D eigenvalue weighted by atomic mass is 16.3. The average Bonchev–Trinajstić information content (AvgIpc) is 2.14. The van der Waals surface area contributed by atoms with Crippen molar-refractivity contribution < 1.29 is 5.11 Å². The number of nitrogens with zero attached hydrogens (tertiary/aromatic N) is 1. The van der Waals surface area contributed by atoms with E-state index in [1.165, 1.54) is 6.20 Å². The van der Waals surface area contributed by atoms with E-state index in [1.54, 1.807) is 12.3 Å². The van der Waals surface area contributed by atoms with Crippen molar-refractivity contribution in [3.05, 3.63) is 24.0 Å². The molecule has 3 N–H and O–H groups in total. The fourth-order valence-corrected chi connectivity index (χ4v) is 1.24. The molecular weight excluding hydrogens is 164 g/mol. The Morgan fingerprint density at radius 2 is 2.31 bits per heavy atom. The second kappa shape index (κ2) is 4.82. The molecule has 1 atom stereocenters. The van der Waals surface area contributed by atoms with E-state index < -0.39 is 0 Å². The standard InChI is InChI=1S/C10H16N2O/c1-2-3-4-10(11)8-5-9(13)7-12-6-8/h5-7,10,13H,2-4,11H2,1H3. The zero-order chi connectivity index (χ0) is 9.68. The number of rotatable bonds is 4. The summed E-state index contributed by atoms with van der Waals surface area (Å²) in [6.45, 7) is 2.13. The quantitative estimate of drug-likeness (QED) is 0.744. The minimum absolute atomic E-state index is 0.000417. The average molecular weight is 180 g/mol. The Hall–Kier alpha value is -1.09. The number of unbranched alkanes of at least 4 members (excludes halogenated alkanes) is 1. The van der Waals surface area contributed by atoms with Crippen molar-refractivity contribution in [2.45, 2.75) is 32.2 Å². The van der Waals surface area contributed by atoms with E-state index in [4.69, 9.17) is 10.8 Å². The third-order valence-electron chi connectivity index (χ3n) is 2.04. The van der Waals surface area contributed by atoms with E-state index in [0.717, 1.165) is 24.8 Å². The summed E-state index contributed by atoms with van der Waals surface area (Å²) in [5, 5.41) is 9.17. The molecule has 13 heavy (non-hydrogen) atoms. The second-order valence-corrected chi connectivity index (χ2v) is 3.23. The maximum absolute atomic E-state index is 9.17. The SMILES string of the molecule is CCCCC(N)c1cncc(O)c1. The van der Waals surface area contributed by atoms with Crippen LogP contribution in [0.1, 0.15) is 37.8 Å². The van der Waals surface area contributed by atoms with Gasteiger partial charge in [-0.3, -0.25) is 4.98 Å². The third kappa shape index (κ3) is 3.03. The Kier molecular flexibility index (Phi) is 3.71. The van der Waals surface area contributed by atoms with Crippen LogP contribution in [-0.2, 0) is 0 Å². The maximum Gasteiger partial charge on any atom is 0.134 e. The van der Waals surface area contributed by atoms with Crippen LogP contribution in [0.3, 0.4) is 0 Å². The number of aromatic nitrogens is 1. The topological polar surface area (TPSA) is 59.1 Å². The predicted molar refractivity (Wildman–Crippen MR) is 52.4 cm³/mol. The molecule has 0 radical (unpaired) electrons. The van der Waals surface area contributed by atoms with Crippen LogP contribution in [0.5, 0.6) is 5.75 Å². The molecule has 0 saturated carbocycles. The molecule has 0 bridgehead atoms. The fourth-order valence-electron chi connectivity index (χ4n) is 1.24. The molecule has 0 aromatic carbocycles. The molecule has 72 valence electrons. The van der Waals surface area contributed by atoms with Gasteiger partial charge >= 0.3 is 0 Å². The van der Waals surface area contributed by atoms with Crippen molar-refractivity contribution in [1.29, 1.82) is 0 Å². The first-order valence-corrected chi connectivity index (χ1v) is 4.63. The Bertz CT molecular complexity index is 263. The van der Waals surface area contributed by atoms with E-state index >= 15 is 0 Å². The zero-order valence-corrected chi connectivity index (χ0v) is 7.90. The van der Waals surface area contributed by atoms with Crippen LogP contribution < -0.4 is 5.73 Å². The van der Waals surface area contributed by atoms with Crippen LogP contribution in [0.15, 0.2) is 18.5 Å². The van der Waals surface area contributed by atoms with Crippen molar-refractivity contribution in [3.8, 4) is 5.75 Å². The first kappa shape index (κ1) is 9.99. The normalized spacial score (nSPS) is 12.8. The number of aromatic hydroxyl groups is 1. The molecule has 0 aliphatic rings. The first-order chi connectivity index (χ1) is 6.24. The largest absolute Gasteiger partial charge is 0.506 e. The van der Waals surface area contributed by atoms with Gasteiger partial charge in [-0.25, -0.2) is 0 Å². The highest BCUT2D eigenvalue weighted by molar-refractivity contribution is 5.24. The van der Waals surface area contributed by atoms with E-state index in [1.807, 2.05) is 0 Å². The second-order valence-electron chi connectivity index (χ2n) is 3.23. The highest BCUT2D eigenvalue weighted by Gasteiger charge is 2.05. The van der Waals surface area contributed by atoms with Crippen LogP contribution in [0.25, 0.3) is 0 Å². The number of hydrogen-bond acceptors (Lipinski definition) is 3. The van der Waals surface area contributed by atoms with Gasteiger partial charge in [-0.2, -0.15) is 0 Å². The minimum atomic E-state index is -0.000417. The molecule has 0 spiro atoms. The summed E-state index contributed by atoms with van der Waals surface area (Å²) in [5.74, 6) is 0.185. The lowest BCUT2D eigenvalue weighted by Crippen LogP contribution is -2.10. The van der Waals surface area contributed by atoms with E-state index in [0.29, 0.717) is 0 Å².